The number of anilines is 1. The molecule has 1 aliphatic heterocycles. The number of hydrogen-bond donors (Lipinski definition) is 1. The zero-order valence-electron chi connectivity index (χ0n) is 13.3. The van der Waals surface area contributed by atoms with Crippen LogP contribution < -0.4 is 19.8 Å². The van der Waals surface area contributed by atoms with Crippen LogP contribution >= 0.6 is 0 Å². The molecule has 9 heteroatoms. The van der Waals surface area contributed by atoms with Crippen molar-refractivity contribution in [2.45, 2.75) is 6.42 Å². The molecule has 0 spiro atoms. The number of methoxy groups -OCH3 is 2. The highest BCUT2D eigenvalue weighted by atomic mass is 16.5. The molecule has 24 heavy (non-hydrogen) atoms. The van der Waals surface area contributed by atoms with Crippen LogP contribution in [0.5, 0.6) is 11.5 Å². The van der Waals surface area contributed by atoms with Crippen LogP contribution in [0.25, 0.3) is 0 Å². The van der Waals surface area contributed by atoms with Gasteiger partial charge >= 0.3 is 0 Å². The van der Waals surface area contributed by atoms with Gasteiger partial charge in [0.1, 0.15) is 24.2 Å². The Morgan fingerprint density at radius 3 is 2.67 bits per heavy atom. The van der Waals surface area contributed by atoms with Crippen LogP contribution in [-0.2, 0) is 9.59 Å². The SMILES string of the molecule is COc1ccc(OC)c(N2C[C@@H](C(=O)Nn3cnnc3)CC2=O)c1. The lowest BCUT2D eigenvalue weighted by atomic mass is 10.1. The second-order valence-electron chi connectivity index (χ2n) is 5.29. The minimum atomic E-state index is -0.476. The van der Waals surface area contributed by atoms with Gasteiger partial charge in [-0.1, -0.05) is 0 Å². The van der Waals surface area contributed by atoms with Gasteiger partial charge in [0, 0.05) is 19.0 Å². The molecule has 1 aromatic carbocycles. The molecule has 1 aromatic heterocycles. The van der Waals surface area contributed by atoms with Crippen LogP contribution in [0.4, 0.5) is 5.69 Å². The molecule has 3 rings (SSSR count). The number of nitrogens with zero attached hydrogens (tertiary/aromatic N) is 4. The molecule has 0 aliphatic carbocycles. The summed E-state index contributed by atoms with van der Waals surface area (Å²) in [5.41, 5.74) is 3.21. The maximum atomic E-state index is 12.4. The van der Waals surface area contributed by atoms with Crippen molar-refractivity contribution in [1.29, 1.82) is 0 Å². The molecule has 2 heterocycles. The van der Waals surface area contributed by atoms with Gasteiger partial charge < -0.3 is 14.4 Å². The van der Waals surface area contributed by atoms with Crippen LogP contribution in [0.2, 0.25) is 0 Å². The van der Waals surface area contributed by atoms with Crippen LogP contribution in [-0.4, -0.2) is 47.5 Å². The second kappa shape index (κ2) is 6.57. The fraction of sp³-hybridized carbons (Fsp3) is 0.333. The quantitative estimate of drug-likeness (QED) is 0.852. The standard InChI is InChI=1S/C15H17N5O4/c1-23-11-3-4-13(24-2)12(6-11)20-7-10(5-14(20)21)15(22)18-19-8-16-17-9-19/h3-4,6,8-10H,5,7H2,1-2H3,(H,18,22)/t10-/m0/s1. The highest BCUT2D eigenvalue weighted by Crippen LogP contribution is 2.36. The van der Waals surface area contributed by atoms with Crippen molar-refractivity contribution in [1.82, 2.24) is 14.9 Å². The van der Waals surface area contributed by atoms with E-state index in [1.807, 2.05) is 0 Å². The molecular formula is C15H17N5O4. The van der Waals surface area contributed by atoms with Crippen molar-refractivity contribution < 1.29 is 19.1 Å². The lowest BCUT2D eigenvalue weighted by Crippen LogP contribution is -2.31. The first kappa shape index (κ1) is 15.8. The zero-order chi connectivity index (χ0) is 17.1. The Hall–Kier alpha value is -3.10. The Balaban J connectivity index is 1.78. The van der Waals surface area contributed by atoms with E-state index < -0.39 is 5.92 Å². The number of rotatable bonds is 5. The first-order valence-electron chi connectivity index (χ1n) is 7.30. The summed E-state index contributed by atoms with van der Waals surface area (Å²) in [6.07, 6.45) is 2.86. The molecule has 1 fully saturated rings. The third kappa shape index (κ3) is 3.00. The van der Waals surface area contributed by atoms with Crippen molar-refractivity contribution in [3.05, 3.63) is 30.9 Å². The highest BCUT2D eigenvalue weighted by molar-refractivity contribution is 6.02. The predicted octanol–water partition coefficient (Wildman–Crippen LogP) is 0.418. The van der Waals surface area contributed by atoms with Gasteiger partial charge in [-0.05, 0) is 12.1 Å². The topological polar surface area (TPSA) is 98.6 Å². The number of benzene rings is 1. The normalized spacial score (nSPS) is 17.0. The fourth-order valence-corrected chi connectivity index (χ4v) is 2.60. The van der Waals surface area contributed by atoms with Crippen molar-refractivity contribution >= 4 is 17.5 Å². The van der Waals surface area contributed by atoms with Crippen LogP contribution in [0, 0.1) is 5.92 Å². The van der Waals surface area contributed by atoms with E-state index in [4.69, 9.17) is 9.47 Å². The van der Waals surface area contributed by atoms with E-state index in [1.165, 1.54) is 29.3 Å². The van der Waals surface area contributed by atoms with E-state index in [2.05, 4.69) is 15.6 Å². The van der Waals surface area contributed by atoms with Crippen molar-refractivity contribution in [3.8, 4) is 11.5 Å². The molecule has 1 atom stereocenters. The van der Waals surface area contributed by atoms with Crippen molar-refractivity contribution in [3.63, 3.8) is 0 Å². The maximum Gasteiger partial charge on any atom is 0.244 e. The lowest BCUT2D eigenvalue weighted by molar-refractivity contribution is -0.123. The van der Waals surface area contributed by atoms with Crippen LogP contribution in [0.15, 0.2) is 30.9 Å². The molecule has 0 radical (unpaired) electrons. The molecule has 126 valence electrons. The Bertz CT molecular complexity index is 746. The van der Waals surface area contributed by atoms with Crippen LogP contribution in [0.1, 0.15) is 6.42 Å². The summed E-state index contributed by atoms with van der Waals surface area (Å²) < 4.78 is 11.9. The fourth-order valence-electron chi connectivity index (χ4n) is 2.60. The predicted molar refractivity (Wildman–Crippen MR) is 84.4 cm³/mol. The minimum absolute atomic E-state index is 0.119. The first-order valence-corrected chi connectivity index (χ1v) is 7.30. The third-order valence-electron chi connectivity index (χ3n) is 3.83. The number of carbonyl (C=O) groups is 2. The summed E-state index contributed by atoms with van der Waals surface area (Å²) in [7, 11) is 3.08. The number of amides is 2. The van der Waals surface area contributed by atoms with E-state index in [-0.39, 0.29) is 24.8 Å². The summed E-state index contributed by atoms with van der Waals surface area (Å²) >= 11 is 0. The molecule has 1 saturated heterocycles. The molecule has 9 nitrogen and oxygen atoms in total. The zero-order valence-corrected chi connectivity index (χ0v) is 13.3. The van der Waals surface area contributed by atoms with Gasteiger partial charge in [0.25, 0.3) is 0 Å². The summed E-state index contributed by atoms with van der Waals surface area (Å²) in [6, 6.07) is 5.20. The number of ether oxygens (including phenoxy) is 2. The molecule has 1 N–H and O–H groups in total. The first-order chi connectivity index (χ1) is 11.6. The molecular weight excluding hydrogens is 314 g/mol. The van der Waals surface area contributed by atoms with Crippen molar-refractivity contribution in [2.24, 2.45) is 5.92 Å². The number of carbonyl (C=O) groups excluding carboxylic acids is 2. The monoisotopic (exact) mass is 331 g/mol. The molecule has 0 unspecified atom stereocenters. The smallest absolute Gasteiger partial charge is 0.244 e. The number of hydrogen-bond acceptors (Lipinski definition) is 6. The van der Waals surface area contributed by atoms with E-state index in [1.54, 1.807) is 25.3 Å². The Labute approximate surface area is 138 Å². The number of nitrogens with one attached hydrogen (secondary N) is 1. The molecule has 0 saturated carbocycles. The average molecular weight is 331 g/mol. The van der Waals surface area contributed by atoms with E-state index in [0.717, 1.165) is 0 Å². The van der Waals surface area contributed by atoms with Gasteiger partial charge in [0.2, 0.25) is 11.8 Å². The van der Waals surface area contributed by atoms with E-state index >= 15 is 0 Å². The van der Waals surface area contributed by atoms with Gasteiger partial charge in [0.15, 0.2) is 0 Å². The van der Waals surface area contributed by atoms with Gasteiger partial charge in [-0.2, -0.15) is 0 Å². The third-order valence-corrected chi connectivity index (χ3v) is 3.83. The van der Waals surface area contributed by atoms with E-state index in [0.29, 0.717) is 17.2 Å². The summed E-state index contributed by atoms with van der Waals surface area (Å²) in [5, 5.41) is 7.22. The van der Waals surface area contributed by atoms with E-state index in [9.17, 15) is 9.59 Å². The largest absolute Gasteiger partial charge is 0.497 e. The Morgan fingerprint density at radius 2 is 2.00 bits per heavy atom. The van der Waals surface area contributed by atoms with Gasteiger partial charge in [-0.15, -0.1) is 10.2 Å². The van der Waals surface area contributed by atoms with Gasteiger partial charge in [-0.25, -0.2) is 4.68 Å². The van der Waals surface area contributed by atoms with Crippen LogP contribution in [0.3, 0.4) is 0 Å². The molecule has 2 amide bonds. The number of aromatic nitrogens is 3. The average Bonchev–Trinajstić information content (AvgIpc) is 3.23. The Morgan fingerprint density at radius 1 is 1.25 bits per heavy atom. The van der Waals surface area contributed by atoms with Gasteiger partial charge in [-0.3, -0.25) is 15.0 Å². The maximum absolute atomic E-state index is 12.4. The lowest BCUT2D eigenvalue weighted by Gasteiger charge is -2.20. The molecule has 1 aliphatic rings. The van der Waals surface area contributed by atoms with Gasteiger partial charge in [0.05, 0.1) is 25.8 Å². The highest BCUT2D eigenvalue weighted by Gasteiger charge is 2.36. The molecule has 2 aromatic rings. The summed E-state index contributed by atoms with van der Waals surface area (Å²) in [6.45, 7) is 0.260. The van der Waals surface area contributed by atoms with Crippen molar-refractivity contribution in [2.75, 3.05) is 31.1 Å². The summed E-state index contributed by atoms with van der Waals surface area (Å²) in [4.78, 5) is 26.2. The second-order valence-corrected chi connectivity index (χ2v) is 5.29. The molecule has 0 bridgehead atoms. The Kier molecular flexibility index (Phi) is 4.32. The summed E-state index contributed by atoms with van der Waals surface area (Å²) in [5.74, 6) is 0.258. The minimum Gasteiger partial charge on any atom is -0.497 e.